The van der Waals surface area contributed by atoms with Gasteiger partial charge in [0, 0.05) is 6.07 Å². The summed E-state index contributed by atoms with van der Waals surface area (Å²) < 4.78 is 35.9. The molecule has 0 aliphatic heterocycles. The number of quaternary nitrogens is 1. The number of thiophene rings is 1. The lowest BCUT2D eigenvalue weighted by molar-refractivity contribution is -0.255. The number of aryl methyl sites for hydroxylation is 1. The molecule has 0 bridgehead atoms. The standard InChI is InChI=1S/C6H6F3NS/c1-3-4(10)2-5(11-3)6(7,8)9/h2H,10H2,1H3/p+1. The van der Waals surface area contributed by atoms with Gasteiger partial charge in [0.15, 0.2) is 0 Å². The minimum absolute atomic E-state index is 0.460. The van der Waals surface area contributed by atoms with Crippen molar-refractivity contribution in [3.05, 3.63) is 15.8 Å². The molecule has 0 saturated carbocycles. The quantitative estimate of drug-likeness (QED) is 0.635. The van der Waals surface area contributed by atoms with Gasteiger partial charge in [0.1, 0.15) is 10.6 Å². The van der Waals surface area contributed by atoms with Crippen LogP contribution in [0.5, 0.6) is 0 Å². The van der Waals surface area contributed by atoms with Gasteiger partial charge >= 0.3 is 6.18 Å². The molecule has 3 N–H and O–H groups in total. The summed E-state index contributed by atoms with van der Waals surface area (Å²) in [6, 6.07) is 1.07. The zero-order valence-electron chi connectivity index (χ0n) is 5.83. The Kier molecular flexibility index (Phi) is 1.94. The van der Waals surface area contributed by atoms with Crippen molar-refractivity contribution in [1.29, 1.82) is 0 Å². The molecule has 62 valence electrons. The molecular weight excluding hydrogens is 175 g/mol. The van der Waals surface area contributed by atoms with Crippen LogP contribution in [0.4, 0.5) is 18.9 Å². The van der Waals surface area contributed by atoms with Crippen LogP contribution in [0, 0.1) is 6.92 Å². The van der Waals surface area contributed by atoms with Crippen LogP contribution in [0.2, 0.25) is 0 Å². The molecule has 1 aromatic heterocycles. The van der Waals surface area contributed by atoms with Crippen LogP contribution in [0.15, 0.2) is 6.07 Å². The van der Waals surface area contributed by atoms with Crippen LogP contribution in [0.1, 0.15) is 9.75 Å². The van der Waals surface area contributed by atoms with E-state index >= 15 is 0 Å². The Balaban J connectivity index is 3.08. The molecule has 1 nitrogen and oxygen atoms in total. The normalized spacial score (nSPS) is 12.1. The number of alkyl halides is 3. The molecular formula is C6H7F3NS+. The van der Waals surface area contributed by atoms with Gasteiger partial charge in [-0.15, -0.1) is 11.3 Å². The molecule has 0 radical (unpaired) electrons. The zero-order valence-corrected chi connectivity index (χ0v) is 6.64. The topological polar surface area (TPSA) is 27.6 Å². The summed E-state index contributed by atoms with van der Waals surface area (Å²) in [6.07, 6.45) is -4.22. The van der Waals surface area contributed by atoms with Gasteiger partial charge in [0.05, 0.1) is 4.88 Å². The molecule has 0 aromatic carbocycles. The molecule has 0 aliphatic rings. The average Bonchev–Trinajstić information content (AvgIpc) is 2.11. The van der Waals surface area contributed by atoms with E-state index in [4.69, 9.17) is 0 Å². The molecule has 0 spiro atoms. The first-order chi connectivity index (χ1) is 4.91. The van der Waals surface area contributed by atoms with Crippen molar-refractivity contribution in [2.45, 2.75) is 13.1 Å². The Morgan fingerprint density at radius 1 is 1.45 bits per heavy atom. The molecule has 0 fully saturated rings. The molecule has 11 heavy (non-hydrogen) atoms. The van der Waals surface area contributed by atoms with Crippen molar-refractivity contribution in [3.8, 4) is 0 Å². The molecule has 1 aromatic rings. The summed E-state index contributed by atoms with van der Waals surface area (Å²) in [5, 5.41) is 0. The van der Waals surface area contributed by atoms with Gasteiger partial charge in [-0.1, -0.05) is 0 Å². The van der Waals surface area contributed by atoms with Crippen LogP contribution >= 0.6 is 11.3 Å². The number of rotatable bonds is 0. The molecule has 0 saturated heterocycles. The molecule has 1 rings (SSSR count). The summed E-state index contributed by atoms with van der Waals surface area (Å²) >= 11 is 0.734. The second-order valence-electron chi connectivity index (χ2n) is 2.19. The SMILES string of the molecule is Cc1sc(C(F)(F)F)cc1[NH3+]. The smallest absolute Gasteiger partial charge is 0.324 e. The van der Waals surface area contributed by atoms with E-state index in [1.54, 1.807) is 6.92 Å². The van der Waals surface area contributed by atoms with Crippen LogP contribution in [0.3, 0.4) is 0 Å². The molecule has 0 unspecified atom stereocenters. The first-order valence-electron chi connectivity index (χ1n) is 2.91. The van der Waals surface area contributed by atoms with Crippen molar-refractivity contribution in [1.82, 2.24) is 0 Å². The van der Waals surface area contributed by atoms with Gasteiger partial charge in [-0.2, -0.15) is 13.2 Å². The van der Waals surface area contributed by atoms with E-state index < -0.39 is 11.1 Å². The van der Waals surface area contributed by atoms with E-state index in [-0.39, 0.29) is 0 Å². The molecule has 0 amide bonds. The Morgan fingerprint density at radius 3 is 2.18 bits per heavy atom. The summed E-state index contributed by atoms with van der Waals surface area (Å²) in [6.45, 7) is 1.63. The Bertz CT molecular complexity index is 244. The maximum Gasteiger partial charge on any atom is 0.425 e. The van der Waals surface area contributed by atoms with Crippen LogP contribution in [-0.2, 0) is 6.18 Å². The summed E-state index contributed by atoms with van der Waals surface area (Å²) in [5.41, 5.74) is 3.93. The van der Waals surface area contributed by atoms with Crippen LogP contribution < -0.4 is 5.73 Å². The Labute approximate surface area is 65.6 Å². The lowest BCUT2D eigenvalue weighted by Crippen LogP contribution is -2.40. The highest BCUT2D eigenvalue weighted by Crippen LogP contribution is 2.36. The third kappa shape index (κ3) is 1.72. The minimum atomic E-state index is -4.22. The number of hydrogen-bond acceptors (Lipinski definition) is 1. The highest BCUT2D eigenvalue weighted by Gasteiger charge is 2.33. The largest absolute Gasteiger partial charge is 0.425 e. The Morgan fingerprint density at radius 2 is 2.00 bits per heavy atom. The van der Waals surface area contributed by atoms with Crippen molar-refractivity contribution >= 4 is 17.0 Å². The third-order valence-corrected chi connectivity index (χ3v) is 2.44. The van der Waals surface area contributed by atoms with Crippen LogP contribution in [0.25, 0.3) is 0 Å². The number of halogens is 3. The predicted octanol–water partition coefficient (Wildman–Crippen LogP) is 1.95. The highest BCUT2D eigenvalue weighted by molar-refractivity contribution is 7.12. The second kappa shape index (κ2) is 2.49. The first kappa shape index (κ1) is 8.55. The maximum absolute atomic E-state index is 12.0. The van der Waals surface area contributed by atoms with Gasteiger partial charge in [0.25, 0.3) is 0 Å². The van der Waals surface area contributed by atoms with Crippen molar-refractivity contribution in [3.63, 3.8) is 0 Å². The monoisotopic (exact) mass is 182 g/mol. The fourth-order valence-electron chi connectivity index (χ4n) is 0.660. The van der Waals surface area contributed by atoms with Gasteiger partial charge in [-0.05, 0) is 6.92 Å². The lowest BCUT2D eigenvalue weighted by atomic mass is 10.4. The summed E-state index contributed by atoms with van der Waals surface area (Å²) in [5.74, 6) is 0. The van der Waals surface area contributed by atoms with E-state index in [0.717, 1.165) is 17.4 Å². The highest BCUT2D eigenvalue weighted by atomic mass is 32.1. The minimum Gasteiger partial charge on any atom is -0.324 e. The van der Waals surface area contributed by atoms with E-state index in [1.165, 1.54) is 0 Å². The fraction of sp³-hybridized carbons (Fsp3) is 0.333. The van der Waals surface area contributed by atoms with Gasteiger partial charge < -0.3 is 5.73 Å². The number of hydrogen-bond donors (Lipinski definition) is 1. The van der Waals surface area contributed by atoms with Crippen LogP contribution in [-0.4, -0.2) is 0 Å². The van der Waals surface area contributed by atoms with E-state index in [0.29, 0.717) is 10.6 Å². The molecule has 0 aliphatic carbocycles. The van der Waals surface area contributed by atoms with Crippen molar-refractivity contribution in [2.24, 2.45) is 0 Å². The predicted molar refractivity (Wildman–Crippen MR) is 36.6 cm³/mol. The van der Waals surface area contributed by atoms with Crippen molar-refractivity contribution in [2.75, 3.05) is 0 Å². The average molecular weight is 182 g/mol. The Hall–Kier alpha value is -0.550. The van der Waals surface area contributed by atoms with E-state index in [2.05, 4.69) is 5.73 Å². The summed E-state index contributed by atoms with van der Waals surface area (Å²) in [4.78, 5) is 0.0531. The molecule has 5 heteroatoms. The second-order valence-corrected chi connectivity index (χ2v) is 3.45. The van der Waals surface area contributed by atoms with E-state index in [9.17, 15) is 13.2 Å². The maximum atomic E-state index is 12.0. The van der Waals surface area contributed by atoms with Gasteiger partial charge in [-0.25, -0.2) is 0 Å². The fourth-order valence-corrected chi connectivity index (χ4v) is 1.50. The first-order valence-corrected chi connectivity index (χ1v) is 3.72. The summed E-state index contributed by atoms with van der Waals surface area (Å²) in [7, 11) is 0. The third-order valence-electron chi connectivity index (χ3n) is 1.30. The van der Waals surface area contributed by atoms with E-state index in [1.807, 2.05) is 0 Å². The molecule has 1 heterocycles. The van der Waals surface area contributed by atoms with Gasteiger partial charge in [0.2, 0.25) is 0 Å². The zero-order chi connectivity index (χ0) is 8.65. The van der Waals surface area contributed by atoms with Gasteiger partial charge in [-0.3, -0.25) is 0 Å². The molecule has 0 atom stereocenters. The van der Waals surface area contributed by atoms with Crippen molar-refractivity contribution < 1.29 is 18.9 Å². The lowest BCUT2D eigenvalue weighted by Gasteiger charge is -1.99.